The van der Waals surface area contributed by atoms with Crippen molar-refractivity contribution < 1.29 is 4.79 Å². The molecule has 0 radical (unpaired) electrons. The summed E-state index contributed by atoms with van der Waals surface area (Å²) in [7, 11) is 0. The van der Waals surface area contributed by atoms with Crippen molar-refractivity contribution >= 4 is 5.78 Å². The molecule has 0 saturated carbocycles. The van der Waals surface area contributed by atoms with E-state index < -0.39 is 0 Å². The number of benzene rings is 1. The molecule has 2 nitrogen and oxygen atoms in total. The molecule has 1 aromatic rings. The van der Waals surface area contributed by atoms with Crippen LogP contribution in [-0.4, -0.2) is 17.2 Å². The van der Waals surface area contributed by atoms with E-state index in [9.17, 15) is 4.79 Å². The summed E-state index contributed by atoms with van der Waals surface area (Å²) in [5.74, 6) is 0.917. The first kappa shape index (κ1) is 12.3. The maximum absolute atomic E-state index is 11.3. The molecule has 0 aliphatic carbocycles. The predicted octanol–water partition coefficient (Wildman–Crippen LogP) is 3.25. The van der Waals surface area contributed by atoms with E-state index >= 15 is 0 Å². The Hall–Kier alpha value is -1.15. The number of Topliss-reactive ketones (excluding diaryl/α,β-unsaturated/α-hetero) is 1. The Morgan fingerprint density at radius 1 is 1.29 bits per heavy atom. The Bertz CT molecular complexity index is 423. The molecular weight excluding hydrogens is 210 g/mol. The van der Waals surface area contributed by atoms with E-state index in [0.29, 0.717) is 0 Å². The lowest BCUT2D eigenvalue weighted by Gasteiger charge is -2.15. The molecule has 2 rings (SSSR count). The van der Waals surface area contributed by atoms with Crippen LogP contribution >= 0.6 is 0 Å². The first-order chi connectivity index (χ1) is 8.06. The van der Waals surface area contributed by atoms with Crippen LogP contribution in [0, 0.1) is 5.92 Å². The Labute approximate surface area is 104 Å². The van der Waals surface area contributed by atoms with Gasteiger partial charge in [-0.1, -0.05) is 26.0 Å². The van der Waals surface area contributed by atoms with Crippen LogP contribution in [0.25, 0.3) is 0 Å². The zero-order valence-electron chi connectivity index (χ0n) is 11.0. The molecule has 0 saturated heterocycles. The second-order valence-electron chi connectivity index (χ2n) is 5.43. The summed E-state index contributed by atoms with van der Waals surface area (Å²) in [4.78, 5) is 13.8. The Morgan fingerprint density at radius 2 is 2.00 bits per heavy atom. The highest BCUT2D eigenvalue weighted by Crippen LogP contribution is 2.24. The molecule has 0 atom stereocenters. The summed E-state index contributed by atoms with van der Waals surface area (Å²) in [6.45, 7) is 9.35. The van der Waals surface area contributed by atoms with E-state index in [1.807, 2.05) is 6.07 Å². The van der Waals surface area contributed by atoms with Crippen LogP contribution in [0.5, 0.6) is 0 Å². The van der Waals surface area contributed by atoms with Crippen LogP contribution < -0.4 is 0 Å². The maximum atomic E-state index is 11.3. The number of carbonyl (C=O) groups excluding carboxylic acids is 1. The molecule has 0 fully saturated rings. The van der Waals surface area contributed by atoms with Gasteiger partial charge in [-0.2, -0.15) is 0 Å². The van der Waals surface area contributed by atoms with E-state index in [0.717, 1.165) is 31.1 Å². The summed E-state index contributed by atoms with van der Waals surface area (Å²) >= 11 is 0. The monoisotopic (exact) mass is 231 g/mol. The third-order valence-electron chi connectivity index (χ3n) is 3.42. The van der Waals surface area contributed by atoms with Crippen molar-refractivity contribution in [2.24, 2.45) is 5.92 Å². The van der Waals surface area contributed by atoms with Gasteiger partial charge in [0, 0.05) is 18.7 Å². The first-order valence-corrected chi connectivity index (χ1v) is 6.41. The van der Waals surface area contributed by atoms with Crippen LogP contribution in [0.15, 0.2) is 18.2 Å². The van der Waals surface area contributed by atoms with E-state index in [-0.39, 0.29) is 5.78 Å². The van der Waals surface area contributed by atoms with Crippen molar-refractivity contribution in [3.8, 4) is 0 Å². The molecule has 0 spiro atoms. The van der Waals surface area contributed by atoms with Crippen molar-refractivity contribution in [2.75, 3.05) is 6.54 Å². The van der Waals surface area contributed by atoms with Crippen LogP contribution in [-0.2, 0) is 13.1 Å². The number of rotatable bonds is 4. The highest BCUT2D eigenvalue weighted by Gasteiger charge is 2.19. The normalized spacial score (nSPS) is 15.3. The number of hydrogen-bond acceptors (Lipinski definition) is 2. The van der Waals surface area contributed by atoms with Gasteiger partial charge in [0.15, 0.2) is 5.78 Å². The Kier molecular flexibility index (Phi) is 3.63. The molecule has 0 amide bonds. The van der Waals surface area contributed by atoms with Crippen molar-refractivity contribution in [3.05, 3.63) is 34.9 Å². The number of hydrogen-bond donors (Lipinski definition) is 0. The standard InChI is InChI=1S/C15H21NO/c1-11(2)6-7-16-9-14-5-4-13(12(3)17)8-15(14)10-16/h4-5,8,11H,6-7,9-10H2,1-3H3. The van der Waals surface area contributed by atoms with Crippen LogP contribution in [0.4, 0.5) is 0 Å². The predicted molar refractivity (Wildman–Crippen MR) is 70.0 cm³/mol. The molecule has 0 bridgehead atoms. The average molecular weight is 231 g/mol. The molecule has 0 unspecified atom stereocenters. The minimum absolute atomic E-state index is 0.161. The van der Waals surface area contributed by atoms with Crippen molar-refractivity contribution in [3.63, 3.8) is 0 Å². The van der Waals surface area contributed by atoms with Gasteiger partial charge in [0.05, 0.1) is 0 Å². The highest BCUT2D eigenvalue weighted by atomic mass is 16.1. The quantitative estimate of drug-likeness (QED) is 0.741. The third kappa shape index (κ3) is 2.95. The zero-order chi connectivity index (χ0) is 12.4. The van der Waals surface area contributed by atoms with Gasteiger partial charge in [0.25, 0.3) is 0 Å². The van der Waals surface area contributed by atoms with Crippen molar-refractivity contribution in [1.29, 1.82) is 0 Å². The lowest BCUT2D eigenvalue weighted by Crippen LogP contribution is -2.18. The fourth-order valence-corrected chi connectivity index (χ4v) is 2.28. The highest BCUT2D eigenvalue weighted by molar-refractivity contribution is 5.94. The fourth-order valence-electron chi connectivity index (χ4n) is 2.28. The van der Waals surface area contributed by atoms with Gasteiger partial charge in [0.2, 0.25) is 0 Å². The van der Waals surface area contributed by atoms with Crippen LogP contribution in [0.2, 0.25) is 0 Å². The number of fused-ring (bicyclic) bond motifs is 1. The zero-order valence-corrected chi connectivity index (χ0v) is 11.0. The lowest BCUT2D eigenvalue weighted by molar-refractivity contribution is 0.101. The number of ketones is 1. The molecule has 1 aliphatic heterocycles. The van der Waals surface area contributed by atoms with Crippen LogP contribution in [0.3, 0.4) is 0 Å². The van der Waals surface area contributed by atoms with E-state index in [4.69, 9.17) is 0 Å². The van der Waals surface area contributed by atoms with E-state index in [1.165, 1.54) is 17.5 Å². The second kappa shape index (κ2) is 5.01. The Balaban J connectivity index is 2.04. The van der Waals surface area contributed by atoms with Crippen molar-refractivity contribution in [1.82, 2.24) is 4.90 Å². The largest absolute Gasteiger partial charge is 0.295 e. The summed E-state index contributed by atoms with van der Waals surface area (Å²) in [5, 5.41) is 0. The SMILES string of the molecule is CC(=O)c1ccc2c(c1)CN(CCC(C)C)C2. The maximum Gasteiger partial charge on any atom is 0.159 e. The molecule has 0 N–H and O–H groups in total. The molecule has 92 valence electrons. The van der Waals surface area contributed by atoms with Crippen molar-refractivity contribution in [2.45, 2.75) is 40.3 Å². The second-order valence-corrected chi connectivity index (χ2v) is 5.43. The molecule has 1 aromatic carbocycles. The average Bonchev–Trinajstić information content (AvgIpc) is 2.67. The molecule has 1 aliphatic rings. The van der Waals surface area contributed by atoms with Gasteiger partial charge in [-0.25, -0.2) is 0 Å². The van der Waals surface area contributed by atoms with Crippen LogP contribution in [0.1, 0.15) is 48.7 Å². The van der Waals surface area contributed by atoms with Gasteiger partial charge in [-0.3, -0.25) is 9.69 Å². The van der Waals surface area contributed by atoms with Gasteiger partial charge in [0.1, 0.15) is 0 Å². The molecular formula is C15H21NO. The number of nitrogens with zero attached hydrogens (tertiary/aromatic N) is 1. The summed E-state index contributed by atoms with van der Waals surface area (Å²) < 4.78 is 0. The van der Waals surface area contributed by atoms with E-state index in [2.05, 4.69) is 30.9 Å². The smallest absolute Gasteiger partial charge is 0.159 e. The summed E-state index contributed by atoms with van der Waals surface area (Å²) in [6, 6.07) is 6.13. The summed E-state index contributed by atoms with van der Waals surface area (Å²) in [6.07, 6.45) is 1.24. The third-order valence-corrected chi connectivity index (χ3v) is 3.42. The summed E-state index contributed by atoms with van der Waals surface area (Å²) in [5.41, 5.74) is 3.56. The molecule has 0 aromatic heterocycles. The topological polar surface area (TPSA) is 20.3 Å². The van der Waals surface area contributed by atoms with Gasteiger partial charge in [-0.15, -0.1) is 0 Å². The fraction of sp³-hybridized carbons (Fsp3) is 0.533. The van der Waals surface area contributed by atoms with E-state index in [1.54, 1.807) is 6.92 Å². The van der Waals surface area contributed by atoms with Gasteiger partial charge >= 0.3 is 0 Å². The van der Waals surface area contributed by atoms with Gasteiger partial charge in [-0.05, 0) is 43.0 Å². The molecule has 2 heteroatoms. The lowest BCUT2D eigenvalue weighted by atomic mass is 10.0. The molecule has 1 heterocycles. The van der Waals surface area contributed by atoms with Gasteiger partial charge < -0.3 is 0 Å². The first-order valence-electron chi connectivity index (χ1n) is 6.41. The number of carbonyl (C=O) groups is 1. The molecule has 17 heavy (non-hydrogen) atoms. The minimum atomic E-state index is 0.161. The Morgan fingerprint density at radius 3 is 2.65 bits per heavy atom. The minimum Gasteiger partial charge on any atom is -0.295 e.